The Labute approximate surface area is 152 Å². The number of benzene rings is 2. The maximum absolute atomic E-state index is 9.75. The van der Waals surface area contributed by atoms with Crippen molar-refractivity contribution in [2.75, 3.05) is 0 Å². The largest absolute Gasteiger partial charge is 0.391 e. The molecule has 1 aromatic heterocycles. The molecule has 0 amide bonds. The van der Waals surface area contributed by atoms with Crippen LogP contribution in [0.2, 0.25) is 20.1 Å². The van der Waals surface area contributed by atoms with Gasteiger partial charge in [0.1, 0.15) is 5.69 Å². The van der Waals surface area contributed by atoms with Crippen LogP contribution in [0.15, 0.2) is 40.9 Å². The zero-order valence-electron chi connectivity index (χ0n) is 11.5. The van der Waals surface area contributed by atoms with Gasteiger partial charge in [0.15, 0.2) is 5.76 Å². The quantitative estimate of drug-likeness (QED) is 0.588. The third-order valence-corrected chi connectivity index (χ3v) is 4.44. The van der Waals surface area contributed by atoms with Crippen LogP contribution in [-0.2, 0) is 6.61 Å². The number of aromatic nitrogens is 1. The summed E-state index contributed by atoms with van der Waals surface area (Å²) in [6.07, 6.45) is 0. The first kappa shape index (κ1) is 16.6. The highest BCUT2D eigenvalue weighted by atomic mass is 35.5. The minimum Gasteiger partial charge on any atom is -0.391 e. The molecule has 0 saturated heterocycles. The monoisotopic (exact) mass is 387 g/mol. The number of aliphatic hydroxyl groups is 1. The molecule has 0 bridgehead atoms. The average molecular weight is 389 g/mol. The Bertz CT molecular complexity index is 856. The molecule has 0 spiro atoms. The fraction of sp³-hybridized carbons (Fsp3) is 0.0625. The highest BCUT2D eigenvalue weighted by Crippen LogP contribution is 2.36. The minimum atomic E-state index is -0.265. The Balaban J connectivity index is 2.14. The molecule has 1 heterocycles. The van der Waals surface area contributed by atoms with Crippen LogP contribution in [0.25, 0.3) is 22.6 Å². The molecule has 0 aliphatic heterocycles. The summed E-state index contributed by atoms with van der Waals surface area (Å²) in [4.78, 5) is 0. The number of hydrogen-bond acceptors (Lipinski definition) is 3. The first-order chi connectivity index (χ1) is 11.0. The molecule has 0 radical (unpaired) electrons. The summed E-state index contributed by atoms with van der Waals surface area (Å²) in [6.45, 7) is -0.265. The molecule has 0 aliphatic rings. The molecule has 3 nitrogen and oxygen atoms in total. The van der Waals surface area contributed by atoms with E-state index in [1.54, 1.807) is 36.4 Å². The summed E-state index contributed by atoms with van der Waals surface area (Å²) >= 11 is 24.0. The predicted octanol–water partition coefficient (Wildman–Crippen LogP) is 6.11. The second kappa shape index (κ2) is 6.71. The standard InChI is InChI=1S/C16H9Cl4NO2/c17-10-3-9(4-11(18)6-10)15-12(7-22)16(23-21-15)8-1-2-13(19)14(20)5-8/h1-6,22H,7H2. The van der Waals surface area contributed by atoms with Crippen molar-refractivity contribution >= 4 is 46.4 Å². The molecule has 0 atom stereocenters. The number of rotatable bonds is 3. The summed E-state index contributed by atoms with van der Waals surface area (Å²) in [5, 5.41) is 15.5. The normalized spacial score (nSPS) is 11.0. The fourth-order valence-corrected chi connectivity index (χ4v) is 3.06. The maximum Gasteiger partial charge on any atom is 0.173 e. The maximum atomic E-state index is 9.75. The van der Waals surface area contributed by atoms with Crippen LogP contribution in [0.4, 0.5) is 0 Å². The predicted molar refractivity (Wildman–Crippen MR) is 93.3 cm³/mol. The summed E-state index contributed by atoms with van der Waals surface area (Å²) < 4.78 is 5.40. The van der Waals surface area contributed by atoms with Gasteiger partial charge in [0.25, 0.3) is 0 Å². The average Bonchev–Trinajstić information content (AvgIpc) is 2.93. The SMILES string of the molecule is OCc1c(-c2cc(Cl)cc(Cl)c2)noc1-c1ccc(Cl)c(Cl)c1. The highest BCUT2D eigenvalue weighted by molar-refractivity contribution is 6.42. The van der Waals surface area contributed by atoms with E-state index in [2.05, 4.69) is 5.16 Å². The lowest BCUT2D eigenvalue weighted by Crippen LogP contribution is -1.89. The van der Waals surface area contributed by atoms with Crippen LogP contribution in [-0.4, -0.2) is 10.3 Å². The summed E-state index contributed by atoms with van der Waals surface area (Å²) in [5.41, 5.74) is 2.30. The van der Waals surface area contributed by atoms with Gasteiger partial charge in [0, 0.05) is 21.2 Å². The van der Waals surface area contributed by atoms with Crippen molar-refractivity contribution in [3.63, 3.8) is 0 Å². The molecule has 0 fully saturated rings. The van der Waals surface area contributed by atoms with Gasteiger partial charge in [0.05, 0.1) is 22.2 Å². The zero-order valence-corrected chi connectivity index (χ0v) is 14.5. The molecule has 3 aromatic rings. The molecule has 0 unspecified atom stereocenters. The molecule has 118 valence electrons. The number of aliphatic hydroxyl groups excluding tert-OH is 1. The van der Waals surface area contributed by atoms with E-state index in [0.717, 1.165) is 0 Å². The van der Waals surface area contributed by atoms with E-state index in [1.165, 1.54) is 0 Å². The lowest BCUT2D eigenvalue weighted by Gasteiger charge is -2.04. The van der Waals surface area contributed by atoms with Crippen LogP contribution >= 0.6 is 46.4 Å². The van der Waals surface area contributed by atoms with Gasteiger partial charge < -0.3 is 9.63 Å². The third kappa shape index (κ3) is 3.35. The summed E-state index contributed by atoms with van der Waals surface area (Å²) in [7, 11) is 0. The van der Waals surface area contributed by atoms with Gasteiger partial charge in [-0.05, 0) is 36.4 Å². The first-order valence-corrected chi connectivity index (χ1v) is 8.02. The number of hydrogen-bond donors (Lipinski definition) is 1. The van der Waals surface area contributed by atoms with Gasteiger partial charge in [-0.2, -0.15) is 0 Å². The van der Waals surface area contributed by atoms with E-state index in [1.807, 2.05) is 0 Å². The van der Waals surface area contributed by atoms with Crippen molar-refractivity contribution in [2.45, 2.75) is 6.61 Å². The van der Waals surface area contributed by atoms with Crippen LogP contribution < -0.4 is 0 Å². The molecule has 1 N–H and O–H groups in total. The molecule has 0 saturated carbocycles. The first-order valence-electron chi connectivity index (χ1n) is 6.51. The van der Waals surface area contributed by atoms with E-state index >= 15 is 0 Å². The van der Waals surface area contributed by atoms with Crippen LogP contribution in [0, 0.1) is 0 Å². The van der Waals surface area contributed by atoms with Crippen molar-refractivity contribution in [2.24, 2.45) is 0 Å². The Morgan fingerprint density at radius 3 is 2.17 bits per heavy atom. The molecule has 2 aromatic carbocycles. The van der Waals surface area contributed by atoms with Gasteiger partial charge in [-0.1, -0.05) is 51.6 Å². The summed E-state index contributed by atoms with van der Waals surface area (Å²) in [5.74, 6) is 0.414. The van der Waals surface area contributed by atoms with E-state index in [0.29, 0.717) is 48.2 Å². The van der Waals surface area contributed by atoms with E-state index in [-0.39, 0.29) is 6.61 Å². The van der Waals surface area contributed by atoms with Crippen molar-refractivity contribution in [3.8, 4) is 22.6 Å². The molecule has 23 heavy (non-hydrogen) atoms. The zero-order chi connectivity index (χ0) is 16.6. The van der Waals surface area contributed by atoms with Gasteiger partial charge in [-0.3, -0.25) is 0 Å². The van der Waals surface area contributed by atoms with Gasteiger partial charge in [0.2, 0.25) is 0 Å². The van der Waals surface area contributed by atoms with Crippen molar-refractivity contribution < 1.29 is 9.63 Å². The van der Waals surface area contributed by atoms with Gasteiger partial charge >= 0.3 is 0 Å². The van der Waals surface area contributed by atoms with Crippen LogP contribution in [0.1, 0.15) is 5.56 Å². The second-order valence-electron chi connectivity index (χ2n) is 4.78. The molecular formula is C16H9Cl4NO2. The lowest BCUT2D eigenvalue weighted by atomic mass is 10.0. The minimum absolute atomic E-state index is 0.265. The second-order valence-corrected chi connectivity index (χ2v) is 6.47. The van der Waals surface area contributed by atoms with E-state index < -0.39 is 0 Å². The number of nitrogens with zero attached hydrogens (tertiary/aromatic N) is 1. The molecular weight excluding hydrogens is 380 g/mol. The van der Waals surface area contributed by atoms with Crippen molar-refractivity contribution in [1.82, 2.24) is 5.16 Å². The van der Waals surface area contributed by atoms with E-state index in [4.69, 9.17) is 50.9 Å². The Morgan fingerprint density at radius 2 is 1.57 bits per heavy atom. The van der Waals surface area contributed by atoms with E-state index in [9.17, 15) is 5.11 Å². The third-order valence-electron chi connectivity index (χ3n) is 3.26. The molecule has 3 rings (SSSR count). The van der Waals surface area contributed by atoms with Crippen LogP contribution in [0.5, 0.6) is 0 Å². The van der Waals surface area contributed by atoms with Gasteiger partial charge in [-0.15, -0.1) is 0 Å². The Morgan fingerprint density at radius 1 is 0.870 bits per heavy atom. The van der Waals surface area contributed by atoms with Crippen molar-refractivity contribution in [1.29, 1.82) is 0 Å². The molecule has 7 heteroatoms. The fourth-order valence-electron chi connectivity index (χ4n) is 2.24. The Kier molecular flexibility index (Phi) is 4.85. The lowest BCUT2D eigenvalue weighted by molar-refractivity contribution is 0.281. The number of halogens is 4. The highest BCUT2D eigenvalue weighted by Gasteiger charge is 2.19. The topological polar surface area (TPSA) is 46.3 Å². The summed E-state index contributed by atoms with van der Waals surface area (Å²) in [6, 6.07) is 10.1. The van der Waals surface area contributed by atoms with Gasteiger partial charge in [-0.25, -0.2) is 0 Å². The van der Waals surface area contributed by atoms with Crippen molar-refractivity contribution in [3.05, 3.63) is 62.1 Å². The Hall–Kier alpha value is -1.23. The van der Waals surface area contributed by atoms with Crippen LogP contribution in [0.3, 0.4) is 0 Å². The molecule has 0 aliphatic carbocycles. The smallest absolute Gasteiger partial charge is 0.173 e.